The summed E-state index contributed by atoms with van der Waals surface area (Å²) in [6.45, 7) is 2.21. The maximum atomic E-state index is 11.9. The largest absolute Gasteiger partial charge is 0.380 e. The molecule has 4 N–H and O–H groups in total. The van der Waals surface area contributed by atoms with Gasteiger partial charge < -0.3 is 20.8 Å². The fourth-order valence-corrected chi connectivity index (χ4v) is 2.02. The molecule has 0 fully saturated rings. The summed E-state index contributed by atoms with van der Waals surface area (Å²) in [6.07, 6.45) is -0.00438. The standard InChI is InChI=1S/C14H20N4O2/c1-9(16-13(19)7-10(8-15)20-2)14-17-11-5-3-4-6-12(11)18-14/h3-6,9-10H,7-8,15H2,1-2H3,(H,16,19)(H,17,18). The maximum absolute atomic E-state index is 11.9. The van der Waals surface area contributed by atoms with E-state index in [1.807, 2.05) is 31.2 Å². The number of carbonyl (C=O) groups is 1. The van der Waals surface area contributed by atoms with Crippen molar-refractivity contribution in [1.29, 1.82) is 0 Å². The molecule has 1 aromatic heterocycles. The lowest BCUT2D eigenvalue weighted by Gasteiger charge is -2.15. The number of methoxy groups -OCH3 is 1. The number of imidazole rings is 1. The lowest BCUT2D eigenvalue weighted by atomic mass is 10.2. The van der Waals surface area contributed by atoms with Gasteiger partial charge in [-0.3, -0.25) is 4.79 Å². The predicted octanol–water partition coefficient (Wildman–Crippen LogP) is 1.10. The smallest absolute Gasteiger partial charge is 0.223 e. The summed E-state index contributed by atoms with van der Waals surface area (Å²) in [7, 11) is 1.55. The van der Waals surface area contributed by atoms with E-state index in [0.29, 0.717) is 6.54 Å². The molecule has 2 atom stereocenters. The van der Waals surface area contributed by atoms with Gasteiger partial charge in [-0.25, -0.2) is 4.98 Å². The van der Waals surface area contributed by atoms with Gasteiger partial charge in [0.1, 0.15) is 5.82 Å². The van der Waals surface area contributed by atoms with E-state index in [1.54, 1.807) is 7.11 Å². The van der Waals surface area contributed by atoms with Gasteiger partial charge in [-0.15, -0.1) is 0 Å². The molecule has 2 unspecified atom stereocenters. The molecule has 1 amide bonds. The van der Waals surface area contributed by atoms with Gasteiger partial charge in [-0.2, -0.15) is 0 Å². The zero-order valence-corrected chi connectivity index (χ0v) is 11.7. The number of fused-ring (bicyclic) bond motifs is 1. The second kappa shape index (κ2) is 6.49. The number of nitrogens with zero attached hydrogens (tertiary/aromatic N) is 1. The van der Waals surface area contributed by atoms with Crippen LogP contribution in [0.3, 0.4) is 0 Å². The van der Waals surface area contributed by atoms with Crippen molar-refractivity contribution in [1.82, 2.24) is 15.3 Å². The Bertz CT molecular complexity index is 544. The highest BCUT2D eigenvalue weighted by Crippen LogP contribution is 2.15. The van der Waals surface area contributed by atoms with E-state index in [1.165, 1.54) is 0 Å². The molecule has 20 heavy (non-hydrogen) atoms. The van der Waals surface area contributed by atoms with Crippen LogP contribution in [0.4, 0.5) is 0 Å². The molecule has 6 heteroatoms. The molecule has 6 nitrogen and oxygen atoms in total. The molecule has 0 saturated heterocycles. The van der Waals surface area contributed by atoms with Crippen molar-refractivity contribution in [2.75, 3.05) is 13.7 Å². The van der Waals surface area contributed by atoms with Crippen LogP contribution in [0.15, 0.2) is 24.3 Å². The van der Waals surface area contributed by atoms with Gasteiger partial charge in [0.05, 0.1) is 29.6 Å². The van der Waals surface area contributed by atoms with Gasteiger partial charge in [-0.05, 0) is 19.1 Å². The second-order valence-corrected chi connectivity index (χ2v) is 4.73. The Kier molecular flexibility index (Phi) is 4.70. The highest BCUT2D eigenvalue weighted by atomic mass is 16.5. The zero-order valence-electron chi connectivity index (χ0n) is 11.7. The monoisotopic (exact) mass is 276 g/mol. The van der Waals surface area contributed by atoms with Crippen LogP contribution in [-0.4, -0.2) is 35.6 Å². The van der Waals surface area contributed by atoms with E-state index in [2.05, 4.69) is 15.3 Å². The number of aromatic nitrogens is 2. The summed E-state index contributed by atoms with van der Waals surface area (Å²) in [5.74, 6) is 0.636. The number of amides is 1. The molecule has 1 aromatic carbocycles. The van der Waals surface area contributed by atoms with Crippen molar-refractivity contribution in [3.63, 3.8) is 0 Å². The summed E-state index contributed by atoms with van der Waals surface area (Å²) in [4.78, 5) is 19.5. The third kappa shape index (κ3) is 3.34. The van der Waals surface area contributed by atoms with E-state index >= 15 is 0 Å². The summed E-state index contributed by atoms with van der Waals surface area (Å²) in [5, 5.41) is 2.89. The van der Waals surface area contributed by atoms with Crippen LogP contribution in [0.2, 0.25) is 0 Å². The molecule has 0 bridgehead atoms. The molecule has 0 aliphatic carbocycles. The Balaban J connectivity index is 2.00. The summed E-state index contributed by atoms with van der Waals surface area (Å²) < 4.78 is 5.10. The van der Waals surface area contributed by atoms with E-state index in [9.17, 15) is 4.79 Å². The number of para-hydroxylation sites is 2. The summed E-state index contributed by atoms with van der Waals surface area (Å²) in [5.41, 5.74) is 7.35. The number of aromatic amines is 1. The fourth-order valence-electron chi connectivity index (χ4n) is 2.02. The van der Waals surface area contributed by atoms with E-state index in [4.69, 9.17) is 10.5 Å². The molecule has 0 radical (unpaired) electrons. The number of nitrogens with one attached hydrogen (secondary N) is 2. The van der Waals surface area contributed by atoms with Crippen molar-refractivity contribution in [2.45, 2.75) is 25.5 Å². The van der Waals surface area contributed by atoms with Gasteiger partial charge >= 0.3 is 0 Å². The normalized spacial score (nSPS) is 14.2. The van der Waals surface area contributed by atoms with Gasteiger partial charge in [0.2, 0.25) is 5.91 Å². The van der Waals surface area contributed by atoms with Crippen LogP contribution in [0, 0.1) is 0 Å². The highest BCUT2D eigenvalue weighted by molar-refractivity contribution is 5.77. The first kappa shape index (κ1) is 14.5. The highest BCUT2D eigenvalue weighted by Gasteiger charge is 2.16. The Labute approximate surface area is 117 Å². The summed E-state index contributed by atoms with van der Waals surface area (Å²) >= 11 is 0. The van der Waals surface area contributed by atoms with Crippen molar-refractivity contribution < 1.29 is 9.53 Å². The van der Waals surface area contributed by atoms with Crippen molar-refractivity contribution >= 4 is 16.9 Å². The number of H-pyrrole nitrogens is 1. The molecule has 2 rings (SSSR count). The molecule has 1 heterocycles. The average Bonchev–Trinajstić information content (AvgIpc) is 2.88. The third-order valence-corrected chi connectivity index (χ3v) is 3.20. The van der Waals surface area contributed by atoms with Gasteiger partial charge in [0, 0.05) is 13.7 Å². The maximum Gasteiger partial charge on any atom is 0.223 e. The average molecular weight is 276 g/mol. The minimum Gasteiger partial charge on any atom is -0.380 e. The fraction of sp³-hybridized carbons (Fsp3) is 0.429. The topological polar surface area (TPSA) is 93.0 Å². The van der Waals surface area contributed by atoms with Crippen LogP contribution < -0.4 is 11.1 Å². The lowest BCUT2D eigenvalue weighted by Crippen LogP contribution is -2.33. The minimum absolute atomic E-state index is 0.102. The SMILES string of the molecule is COC(CN)CC(=O)NC(C)c1nc2ccccc2[nH]1. The molecule has 0 saturated carbocycles. The number of rotatable bonds is 6. The van der Waals surface area contributed by atoms with Crippen LogP contribution >= 0.6 is 0 Å². The number of hydrogen-bond acceptors (Lipinski definition) is 4. The van der Waals surface area contributed by atoms with Crippen molar-refractivity contribution in [3.8, 4) is 0 Å². The molecule has 108 valence electrons. The van der Waals surface area contributed by atoms with Gasteiger partial charge in [0.25, 0.3) is 0 Å². The van der Waals surface area contributed by atoms with E-state index < -0.39 is 0 Å². The molecule has 0 aliphatic rings. The number of carbonyl (C=O) groups excluding carboxylic acids is 1. The van der Waals surface area contributed by atoms with Crippen LogP contribution in [0.1, 0.15) is 25.2 Å². The molecule has 2 aromatic rings. The zero-order chi connectivity index (χ0) is 14.5. The lowest BCUT2D eigenvalue weighted by molar-refractivity contribution is -0.124. The molecule has 0 spiro atoms. The first-order chi connectivity index (χ1) is 9.63. The molecular formula is C14H20N4O2. The second-order valence-electron chi connectivity index (χ2n) is 4.73. The Morgan fingerprint density at radius 1 is 1.50 bits per heavy atom. The first-order valence-corrected chi connectivity index (χ1v) is 6.61. The van der Waals surface area contributed by atoms with Gasteiger partial charge in [0.15, 0.2) is 0 Å². The van der Waals surface area contributed by atoms with Crippen molar-refractivity contribution in [2.24, 2.45) is 5.73 Å². The van der Waals surface area contributed by atoms with Crippen LogP contribution in [-0.2, 0) is 9.53 Å². The van der Waals surface area contributed by atoms with E-state index in [-0.39, 0.29) is 24.5 Å². The Morgan fingerprint density at radius 3 is 2.90 bits per heavy atom. The quantitative estimate of drug-likeness (QED) is 0.736. The first-order valence-electron chi connectivity index (χ1n) is 6.61. The van der Waals surface area contributed by atoms with Crippen molar-refractivity contribution in [3.05, 3.63) is 30.1 Å². The van der Waals surface area contributed by atoms with Crippen LogP contribution in [0.25, 0.3) is 11.0 Å². The Hall–Kier alpha value is -1.92. The van der Waals surface area contributed by atoms with Gasteiger partial charge in [-0.1, -0.05) is 12.1 Å². The summed E-state index contributed by atoms with van der Waals surface area (Å²) in [6, 6.07) is 7.57. The minimum atomic E-state index is -0.252. The predicted molar refractivity (Wildman–Crippen MR) is 77.1 cm³/mol. The number of nitrogens with two attached hydrogens (primary N) is 1. The van der Waals surface area contributed by atoms with E-state index in [0.717, 1.165) is 16.9 Å². The Morgan fingerprint density at radius 2 is 2.25 bits per heavy atom. The molecule has 0 aliphatic heterocycles. The van der Waals surface area contributed by atoms with Crippen LogP contribution in [0.5, 0.6) is 0 Å². The number of ether oxygens (including phenoxy) is 1. The number of benzene rings is 1. The number of hydrogen-bond donors (Lipinski definition) is 3. The molecular weight excluding hydrogens is 256 g/mol. The third-order valence-electron chi connectivity index (χ3n) is 3.20.